The van der Waals surface area contributed by atoms with Crippen molar-refractivity contribution in [1.82, 2.24) is 14.9 Å². The largest absolute Gasteiger partial charge is 0.508 e. The molecule has 0 unspecified atom stereocenters. The van der Waals surface area contributed by atoms with Crippen LogP contribution in [0.1, 0.15) is 11.1 Å². The van der Waals surface area contributed by atoms with Crippen LogP contribution in [0, 0.1) is 0 Å². The van der Waals surface area contributed by atoms with Crippen LogP contribution >= 0.6 is 0 Å². The van der Waals surface area contributed by atoms with E-state index < -0.39 is 0 Å². The van der Waals surface area contributed by atoms with Crippen molar-refractivity contribution in [2.24, 2.45) is 0 Å². The molecule has 2 heterocycles. The van der Waals surface area contributed by atoms with E-state index in [4.69, 9.17) is 0 Å². The summed E-state index contributed by atoms with van der Waals surface area (Å²) in [4.78, 5) is 0. The summed E-state index contributed by atoms with van der Waals surface area (Å²) in [6.07, 6.45) is 3.80. The Labute approximate surface area is 111 Å². The number of aromatic hydroxyl groups is 1. The summed E-state index contributed by atoms with van der Waals surface area (Å²) in [5.41, 5.74) is 3.15. The highest BCUT2D eigenvalue weighted by atomic mass is 16.3. The predicted molar refractivity (Wildman–Crippen MR) is 73.8 cm³/mol. The van der Waals surface area contributed by atoms with Gasteiger partial charge in [0, 0.05) is 30.4 Å². The van der Waals surface area contributed by atoms with Gasteiger partial charge in [0.25, 0.3) is 0 Å². The van der Waals surface area contributed by atoms with Gasteiger partial charge < -0.3 is 10.4 Å². The smallest absolute Gasteiger partial charge is 0.120 e. The standard InChI is InChI=1S/C15H15N3O/c19-15-7-2-1-5-12(15)9-16-10-13-11-17-18-8-4-3-6-14(13)18/h1-8,11,16,19H,9-10H2. The highest BCUT2D eigenvalue weighted by Gasteiger charge is 2.03. The Balaban J connectivity index is 1.68. The molecule has 0 amide bonds. The summed E-state index contributed by atoms with van der Waals surface area (Å²) in [6, 6.07) is 13.4. The number of phenols is 1. The van der Waals surface area contributed by atoms with Crippen molar-refractivity contribution in [1.29, 1.82) is 0 Å². The maximum atomic E-state index is 9.68. The van der Waals surface area contributed by atoms with E-state index in [1.165, 1.54) is 0 Å². The van der Waals surface area contributed by atoms with E-state index in [-0.39, 0.29) is 0 Å². The van der Waals surface area contributed by atoms with E-state index in [2.05, 4.69) is 10.4 Å². The van der Waals surface area contributed by atoms with Gasteiger partial charge in [-0.05, 0) is 18.2 Å². The Morgan fingerprint density at radius 2 is 1.79 bits per heavy atom. The normalized spacial score (nSPS) is 10.9. The molecule has 0 aliphatic carbocycles. The van der Waals surface area contributed by atoms with Gasteiger partial charge in [-0.3, -0.25) is 0 Å². The van der Waals surface area contributed by atoms with Crippen molar-refractivity contribution in [3.63, 3.8) is 0 Å². The molecule has 4 heteroatoms. The fraction of sp³-hybridized carbons (Fsp3) is 0.133. The molecule has 3 aromatic rings. The second kappa shape index (κ2) is 5.12. The minimum absolute atomic E-state index is 0.329. The fourth-order valence-electron chi connectivity index (χ4n) is 2.12. The number of nitrogens with one attached hydrogen (secondary N) is 1. The molecule has 19 heavy (non-hydrogen) atoms. The summed E-state index contributed by atoms with van der Waals surface area (Å²) >= 11 is 0. The lowest BCUT2D eigenvalue weighted by Gasteiger charge is -2.05. The van der Waals surface area contributed by atoms with Crippen molar-refractivity contribution in [2.45, 2.75) is 13.1 Å². The quantitative estimate of drug-likeness (QED) is 0.750. The van der Waals surface area contributed by atoms with Crippen molar-refractivity contribution >= 4 is 5.52 Å². The van der Waals surface area contributed by atoms with Crippen molar-refractivity contribution in [2.75, 3.05) is 0 Å². The molecule has 0 saturated carbocycles. The van der Waals surface area contributed by atoms with Gasteiger partial charge in [-0.15, -0.1) is 0 Å². The summed E-state index contributed by atoms with van der Waals surface area (Å²) < 4.78 is 1.86. The summed E-state index contributed by atoms with van der Waals surface area (Å²) in [5, 5.41) is 17.3. The topological polar surface area (TPSA) is 49.6 Å². The van der Waals surface area contributed by atoms with Crippen molar-refractivity contribution in [3.8, 4) is 5.75 Å². The number of hydrogen-bond acceptors (Lipinski definition) is 3. The molecule has 96 valence electrons. The Morgan fingerprint density at radius 3 is 2.68 bits per heavy atom. The molecule has 2 aromatic heterocycles. The Bertz CT molecular complexity index is 690. The molecule has 2 N–H and O–H groups in total. The first-order valence-corrected chi connectivity index (χ1v) is 6.23. The molecule has 3 rings (SSSR count). The summed E-state index contributed by atoms with van der Waals surface area (Å²) in [6.45, 7) is 1.36. The van der Waals surface area contributed by atoms with Crippen LogP contribution in [0.3, 0.4) is 0 Å². The zero-order valence-electron chi connectivity index (χ0n) is 10.5. The third-order valence-electron chi connectivity index (χ3n) is 3.13. The highest BCUT2D eigenvalue weighted by Crippen LogP contribution is 2.15. The predicted octanol–water partition coefficient (Wildman–Crippen LogP) is 2.33. The molecule has 0 saturated heterocycles. The average Bonchev–Trinajstić information content (AvgIpc) is 2.85. The molecule has 0 radical (unpaired) electrons. The molecule has 4 nitrogen and oxygen atoms in total. The van der Waals surface area contributed by atoms with E-state index in [1.54, 1.807) is 6.07 Å². The van der Waals surface area contributed by atoms with E-state index in [9.17, 15) is 5.11 Å². The van der Waals surface area contributed by atoms with Crippen molar-refractivity contribution in [3.05, 3.63) is 66.0 Å². The molecule has 0 bridgehead atoms. The number of nitrogens with zero attached hydrogens (tertiary/aromatic N) is 2. The lowest BCUT2D eigenvalue weighted by molar-refractivity contribution is 0.464. The molecule has 0 aliphatic heterocycles. The van der Waals surface area contributed by atoms with Gasteiger partial charge >= 0.3 is 0 Å². The number of fused-ring (bicyclic) bond motifs is 1. The third kappa shape index (κ3) is 2.44. The zero-order valence-corrected chi connectivity index (χ0v) is 10.5. The molecule has 1 aromatic carbocycles. The fourth-order valence-corrected chi connectivity index (χ4v) is 2.12. The number of rotatable bonds is 4. The van der Waals surface area contributed by atoms with Gasteiger partial charge in [-0.2, -0.15) is 5.10 Å². The monoisotopic (exact) mass is 253 g/mol. The average molecular weight is 253 g/mol. The van der Waals surface area contributed by atoms with Crippen molar-refractivity contribution < 1.29 is 5.11 Å². The first kappa shape index (κ1) is 11.7. The van der Waals surface area contributed by atoms with Gasteiger partial charge in [0.15, 0.2) is 0 Å². The summed E-state index contributed by atoms with van der Waals surface area (Å²) in [7, 11) is 0. The lowest BCUT2D eigenvalue weighted by Crippen LogP contribution is -2.12. The molecule has 0 aliphatic rings. The minimum atomic E-state index is 0.329. The van der Waals surface area contributed by atoms with E-state index in [1.807, 2.05) is 53.3 Å². The minimum Gasteiger partial charge on any atom is -0.508 e. The maximum absolute atomic E-state index is 9.68. The van der Waals surface area contributed by atoms with E-state index in [0.29, 0.717) is 12.3 Å². The van der Waals surface area contributed by atoms with Crippen LogP contribution in [0.15, 0.2) is 54.9 Å². The van der Waals surface area contributed by atoms with Gasteiger partial charge in [0.2, 0.25) is 0 Å². The molecule has 0 spiro atoms. The van der Waals surface area contributed by atoms with Crippen LogP contribution in [-0.4, -0.2) is 14.7 Å². The number of hydrogen-bond donors (Lipinski definition) is 2. The second-order valence-electron chi connectivity index (χ2n) is 4.43. The third-order valence-corrected chi connectivity index (χ3v) is 3.13. The SMILES string of the molecule is Oc1ccccc1CNCc1cnn2ccccc12. The van der Waals surface area contributed by atoms with Crippen LogP contribution in [0.5, 0.6) is 5.75 Å². The van der Waals surface area contributed by atoms with Gasteiger partial charge in [-0.25, -0.2) is 4.52 Å². The van der Waals surface area contributed by atoms with Crippen LogP contribution in [0.4, 0.5) is 0 Å². The molecule has 0 atom stereocenters. The van der Waals surface area contributed by atoms with Gasteiger partial charge in [0.1, 0.15) is 5.75 Å². The molecular weight excluding hydrogens is 238 g/mol. The lowest BCUT2D eigenvalue weighted by atomic mass is 10.2. The second-order valence-corrected chi connectivity index (χ2v) is 4.43. The summed E-state index contributed by atoms with van der Waals surface area (Å²) in [5.74, 6) is 0.329. The van der Waals surface area contributed by atoms with Crippen LogP contribution in [0.2, 0.25) is 0 Å². The number of para-hydroxylation sites is 1. The van der Waals surface area contributed by atoms with Crippen LogP contribution < -0.4 is 5.32 Å². The highest BCUT2D eigenvalue weighted by molar-refractivity contribution is 5.53. The maximum Gasteiger partial charge on any atom is 0.120 e. The Kier molecular flexibility index (Phi) is 3.16. The van der Waals surface area contributed by atoms with Crippen LogP contribution in [-0.2, 0) is 13.1 Å². The first-order valence-electron chi connectivity index (χ1n) is 6.23. The number of pyridine rings is 1. The zero-order chi connectivity index (χ0) is 13.1. The van der Waals surface area contributed by atoms with Gasteiger partial charge in [0.05, 0.1) is 11.7 Å². The first-order chi connectivity index (χ1) is 9.34. The number of benzene rings is 1. The Morgan fingerprint density at radius 1 is 1.00 bits per heavy atom. The molecular formula is C15H15N3O. The number of aromatic nitrogens is 2. The Hall–Kier alpha value is -2.33. The van der Waals surface area contributed by atoms with Gasteiger partial charge in [-0.1, -0.05) is 24.3 Å². The van der Waals surface area contributed by atoms with E-state index >= 15 is 0 Å². The molecule has 0 fully saturated rings. The van der Waals surface area contributed by atoms with Crippen LogP contribution in [0.25, 0.3) is 5.52 Å². The van der Waals surface area contributed by atoms with E-state index in [0.717, 1.165) is 23.2 Å². The number of phenolic OH excluding ortho intramolecular Hbond substituents is 1.